The minimum Gasteiger partial charge on any atom is -0.525 e. The number of rotatable bonds is 4. The summed E-state index contributed by atoms with van der Waals surface area (Å²) < 4.78 is 0. The molecule has 0 atom stereocenters. The van der Waals surface area contributed by atoms with Crippen LogP contribution < -0.4 is 16.0 Å². The molecular weight excluding hydrogens is 304 g/mol. The van der Waals surface area contributed by atoms with Gasteiger partial charge in [0.15, 0.2) is 0 Å². The van der Waals surface area contributed by atoms with Crippen molar-refractivity contribution in [3.63, 3.8) is 0 Å². The van der Waals surface area contributed by atoms with E-state index >= 15 is 0 Å². The van der Waals surface area contributed by atoms with E-state index in [-0.39, 0.29) is 72.8 Å². The average molecular weight is 320 g/mol. The van der Waals surface area contributed by atoms with E-state index in [1.165, 1.54) is 0 Å². The summed E-state index contributed by atoms with van der Waals surface area (Å²) in [7, 11) is 5.16. The molecule has 5 heteroatoms. The first-order valence-electron chi connectivity index (χ1n) is 2.56. The van der Waals surface area contributed by atoms with E-state index in [4.69, 9.17) is 0 Å². The van der Waals surface area contributed by atoms with Crippen LogP contribution in [-0.4, -0.2) is 7.05 Å². The van der Waals surface area contributed by atoms with Crippen molar-refractivity contribution in [3.8, 4) is 0 Å². The van der Waals surface area contributed by atoms with Crippen molar-refractivity contribution >= 4 is 0 Å². The first-order valence-corrected chi connectivity index (χ1v) is 2.56. The molecule has 0 unspecified atom stereocenters. The molecule has 0 saturated heterocycles. The Hall–Kier alpha value is 1.09. The first-order chi connectivity index (χ1) is 4.20. The van der Waals surface area contributed by atoms with Gasteiger partial charge in [0.25, 0.3) is 0 Å². The van der Waals surface area contributed by atoms with Crippen LogP contribution in [0.25, 0.3) is 0 Å². The summed E-state index contributed by atoms with van der Waals surface area (Å²) in [6, 6.07) is 0. The Morgan fingerprint density at radius 3 is 1.83 bits per heavy atom. The van der Waals surface area contributed by atoms with Crippen LogP contribution in [0, 0.1) is 7.05 Å². The first kappa shape index (κ1) is 23.2. The van der Waals surface area contributed by atoms with Crippen LogP contribution >= 0.6 is 0 Å². The molecule has 0 heterocycles. The predicted molar refractivity (Wildman–Crippen MR) is 45.7 cm³/mol. The van der Waals surface area contributed by atoms with E-state index < -0.39 is 0 Å². The fourth-order valence-electron chi connectivity index (χ4n) is 0.289. The van der Waals surface area contributed by atoms with Crippen molar-refractivity contribution in [1.29, 1.82) is 0 Å². The van der Waals surface area contributed by atoms with E-state index in [9.17, 15) is 0 Å². The molecule has 0 aliphatic carbocycles. The Morgan fingerprint density at radius 2 is 1.58 bits per heavy atom. The third-order valence-electron chi connectivity index (χ3n) is 0.817. The van der Waals surface area contributed by atoms with Gasteiger partial charge < -0.3 is 16.0 Å². The molecule has 12 heavy (non-hydrogen) atoms. The van der Waals surface area contributed by atoms with Crippen LogP contribution in [0.2, 0.25) is 0 Å². The zero-order chi connectivity index (χ0) is 7.28. The molecule has 0 rings (SSSR count). The zero-order valence-electron chi connectivity index (χ0n) is 6.78. The normalized spacial score (nSPS) is 5.83. The molecular formula is C7H16N3Y2-. The van der Waals surface area contributed by atoms with Gasteiger partial charge in [0.1, 0.15) is 0 Å². The average Bonchev–Trinajstić information content (AvgIpc) is 1.87. The van der Waals surface area contributed by atoms with Crippen LogP contribution in [0.3, 0.4) is 0 Å². The summed E-state index contributed by atoms with van der Waals surface area (Å²) in [5, 5.41) is 8.18. The minimum absolute atomic E-state index is 0. The van der Waals surface area contributed by atoms with Gasteiger partial charge in [0, 0.05) is 72.5 Å². The van der Waals surface area contributed by atoms with Crippen molar-refractivity contribution in [2.45, 2.75) is 7.43 Å². The van der Waals surface area contributed by atoms with E-state index in [1.807, 2.05) is 0 Å². The molecule has 3 nitrogen and oxygen atoms in total. The van der Waals surface area contributed by atoms with E-state index in [2.05, 4.69) is 36.2 Å². The molecule has 2 radical (unpaired) electrons. The molecule has 0 spiro atoms. The van der Waals surface area contributed by atoms with Crippen LogP contribution in [0.1, 0.15) is 7.43 Å². The standard InChI is InChI=1S/C6H12N3.CH4.2Y/c1-5(7-3)9-6(2)8-4;;;/h7-9H,1-3H2,4H3;1H4;;/q-1;;;. The Morgan fingerprint density at radius 1 is 1.17 bits per heavy atom. The van der Waals surface area contributed by atoms with Gasteiger partial charge in [0.2, 0.25) is 0 Å². The minimum atomic E-state index is 0. The van der Waals surface area contributed by atoms with Crippen molar-refractivity contribution in [2.75, 3.05) is 7.05 Å². The van der Waals surface area contributed by atoms with Crippen LogP contribution in [0.15, 0.2) is 24.8 Å². The van der Waals surface area contributed by atoms with Crippen molar-refractivity contribution in [3.05, 3.63) is 31.8 Å². The van der Waals surface area contributed by atoms with Gasteiger partial charge in [-0.25, -0.2) is 0 Å². The smallest absolute Gasteiger partial charge is 0.0964 e. The number of hydrogen-bond donors (Lipinski definition) is 3. The molecule has 0 aliphatic heterocycles. The summed E-state index contributed by atoms with van der Waals surface area (Å²) in [6.07, 6.45) is 0. The van der Waals surface area contributed by atoms with Gasteiger partial charge in [-0.15, -0.1) is 0 Å². The van der Waals surface area contributed by atoms with E-state index in [0.29, 0.717) is 11.6 Å². The molecule has 0 saturated carbocycles. The summed E-state index contributed by atoms with van der Waals surface area (Å²) in [4.78, 5) is 0. The van der Waals surface area contributed by atoms with E-state index in [1.54, 1.807) is 7.05 Å². The number of nitrogens with one attached hydrogen (secondary N) is 3. The maximum absolute atomic E-state index is 3.61. The zero-order valence-corrected chi connectivity index (χ0v) is 12.5. The molecule has 0 aromatic carbocycles. The Bertz CT molecular complexity index is 112. The molecule has 0 bridgehead atoms. The molecule has 0 amide bonds. The Kier molecular flexibility index (Phi) is 28.2. The van der Waals surface area contributed by atoms with Gasteiger partial charge in [-0.1, -0.05) is 20.6 Å². The van der Waals surface area contributed by atoms with Crippen LogP contribution in [0.5, 0.6) is 0 Å². The molecule has 0 fully saturated rings. The fourth-order valence-corrected chi connectivity index (χ4v) is 0.289. The second-order valence-corrected chi connectivity index (χ2v) is 1.51. The van der Waals surface area contributed by atoms with Gasteiger partial charge in [-0.3, -0.25) is 7.05 Å². The quantitative estimate of drug-likeness (QED) is 0.669. The van der Waals surface area contributed by atoms with E-state index in [0.717, 1.165) is 0 Å². The molecule has 66 valence electrons. The van der Waals surface area contributed by atoms with Crippen molar-refractivity contribution < 1.29 is 65.4 Å². The van der Waals surface area contributed by atoms with Gasteiger partial charge >= 0.3 is 0 Å². The SMILES string of the molecule is C.C=C(N[CH2-])NC(=C)NC.[Y].[Y]. The van der Waals surface area contributed by atoms with Gasteiger partial charge in [-0.2, -0.15) is 0 Å². The van der Waals surface area contributed by atoms with Crippen LogP contribution in [0.4, 0.5) is 0 Å². The third-order valence-corrected chi connectivity index (χ3v) is 0.817. The summed E-state index contributed by atoms with van der Waals surface area (Å²) in [6.45, 7) is 7.19. The Labute approximate surface area is 126 Å². The monoisotopic (exact) mass is 320 g/mol. The number of hydrogen-bond acceptors (Lipinski definition) is 3. The van der Waals surface area contributed by atoms with Gasteiger partial charge in [-0.05, 0) is 0 Å². The molecule has 0 aromatic heterocycles. The molecule has 0 aliphatic rings. The predicted octanol–water partition coefficient (Wildman–Crippen LogP) is 0.750. The summed E-state index contributed by atoms with van der Waals surface area (Å²) in [5.41, 5.74) is 0. The summed E-state index contributed by atoms with van der Waals surface area (Å²) in [5.74, 6) is 1.31. The maximum atomic E-state index is 3.61. The topological polar surface area (TPSA) is 36.1 Å². The maximum Gasteiger partial charge on any atom is 0.0964 e. The molecule has 3 N–H and O–H groups in total. The van der Waals surface area contributed by atoms with Crippen LogP contribution in [-0.2, 0) is 65.4 Å². The second-order valence-electron chi connectivity index (χ2n) is 1.51. The fraction of sp³-hybridized carbons (Fsp3) is 0.286. The van der Waals surface area contributed by atoms with Gasteiger partial charge in [0.05, 0.1) is 11.6 Å². The van der Waals surface area contributed by atoms with Crippen molar-refractivity contribution in [1.82, 2.24) is 16.0 Å². The Balaban J connectivity index is -0.000000107. The molecule has 0 aromatic rings. The summed E-state index contributed by atoms with van der Waals surface area (Å²) >= 11 is 0. The largest absolute Gasteiger partial charge is 0.525 e. The van der Waals surface area contributed by atoms with Crippen molar-refractivity contribution in [2.24, 2.45) is 0 Å². The second kappa shape index (κ2) is 14.6. The third kappa shape index (κ3) is 13.7.